The molecule has 12 heteroatoms. The molecule has 1 aliphatic rings. The van der Waals surface area contributed by atoms with Crippen LogP contribution >= 0.6 is 0 Å². The van der Waals surface area contributed by atoms with Gasteiger partial charge in [-0.15, -0.1) is 5.11 Å². The summed E-state index contributed by atoms with van der Waals surface area (Å²) in [5, 5.41) is 14.1. The number of anilines is 2. The molecule has 1 aliphatic heterocycles. The third kappa shape index (κ3) is 12.1. The predicted octanol–water partition coefficient (Wildman–Crippen LogP) is 5.30. The van der Waals surface area contributed by atoms with Crippen LogP contribution in [0, 0.1) is 0 Å². The van der Waals surface area contributed by atoms with Gasteiger partial charge in [0.2, 0.25) is 11.8 Å². The number of hydrogen-bond donors (Lipinski definition) is 2. The van der Waals surface area contributed by atoms with E-state index in [4.69, 9.17) is 28.4 Å². The number of hydrogen-bond acceptors (Lipinski definition) is 10. The molecule has 4 rings (SSSR count). The Morgan fingerprint density at radius 3 is 1.77 bits per heavy atom. The SMILES string of the molecule is O=C(CCC(=O)Nc1ccccc1N=Nc1ccccc1)Nc1ccc2c(c1)OCCOCCOCCOCCOCCO2. The lowest BCUT2D eigenvalue weighted by atomic mass is 10.2. The van der Waals surface area contributed by atoms with Gasteiger partial charge in [0.1, 0.15) is 18.9 Å². The first kappa shape index (κ1) is 32.6. The number of ether oxygens (including phenoxy) is 6. The Morgan fingerprint density at radius 2 is 1.11 bits per heavy atom. The van der Waals surface area contributed by atoms with Crippen LogP contribution in [-0.2, 0) is 28.5 Å². The van der Waals surface area contributed by atoms with E-state index in [0.717, 1.165) is 0 Å². The molecule has 0 aromatic heterocycles. The quantitative estimate of drug-likeness (QED) is 0.346. The first-order valence-corrected chi connectivity index (χ1v) is 14.5. The van der Waals surface area contributed by atoms with E-state index in [1.165, 1.54) is 0 Å². The third-order valence-corrected chi connectivity index (χ3v) is 6.10. The summed E-state index contributed by atoms with van der Waals surface area (Å²) in [6, 6.07) is 21.5. The van der Waals surface area contributed by atoms with Crippen LogP contribution in [0.25, 0.3) is 0 Å². The van der Waals surface area contributed by atoms with Crippen molar-refractivity contribution < 1.29 is 38.0 Å². The summed E-state index contributed by atoms with van der Waals surface area (Å²) in [7, 11) is 0. The molecule has 0 atom stereocenters. The van der Waals surface area contributed by atoms with Crippen molar-refractivity contribution in [1.82, 2.24) is 0 Å². The summed E-state index contributed by atoms with van der Waals surface area (Å²) >= 11 is 0. The van der Waals surface area contributed by atoms with Crippen LogP contribution in [0.5, 0.6) is 11.5 Å². The van der Waals surface area contributed by atoms with Gasteiger partial charge in [0.15, 0.2) is 11.5 Å². The molecule has 0 fully saturated rings. The van der Waals surface area contributed by atoms with Gasteiger partial charge in [-0.25, -0.2) is 0 Å². The fourth-order valence-electron chi connectivity index (χ4n) is 3.94. The predicted molar refractivity (Wildman–Crippen MR) is 164 cm³/mol. The van der Waals surface area contributed by atoms with Gasteiger partial charge in [-0.2, -0.15) is 5.11 Å². The van der Waals surface area contributed by atoms with Crippen LogP contribution in [0.2, 0.25) is 0 Å². The van der Waals surface area contributed by atoms with Crippen molar-refractivity contribution in [2.75, 3.05) is 76.7 Å². The summed E-state index contributed by atoms with van der Waals surface area (Å²) in [4.78, 5) is 25.4. The van der Waals surface area contributed by atoms with Crippen molar-refractivity contribution in [3.63, 3.8) is 0 Å². The van der Waals surface area contributed by atoms with E-state index in [-0.39, 0.29) is 31.3 Å². The number of benzene rings is 3. The Balaban J connectivity index is 1.28. The lowest BCUT2D eigenvalue weighted by Gasteiger charge is -2.15. The van der Waals surface area contributed by atoms with Crippen molar-refractivity contribution in [3.05, 3.63) is 72.8 Å². The van der Waals surface area contributed by atoms with Crippen LogP contribution in [-0.4, -0.2) is 77.9 Å². The second-order valence-corrected chi connectivity index (χ2v) is 9.46. The summed E-state index contributed by atoms with van der Waals surface area (Å²) in [5.41, 5.74) is 2.23. The molecule has 0 bridgehead atoms. The number of para-hydroxylation sites is 1. The van der Waals surface area contributed by atoms with Crippen LogP contribution in [0.1, 0.15) is 12.8 Å². The average Bonchev–Trinajstić information content (AvgIpc) is 3.04. The summed E-state index contributed by atoms with van der Waals surface area (Å²) < 4.78 is 33.7. The molecule has 0 spiro atoms. The molecule has 234 valence electrons. The fraction of sp³-hybridized carbons (Fsp3) is 0.375. The molecule has 3 aromatic carbocycles. The van der Waals surface area contributed by atoms with Gasteiger partial charge in [0.25, 0.3) is 0 Å². The molecule has 3 aromatic rings. The van der Waals surface area contributed by atoms with Crippen molar-refractivity contribution in [2.45, 2.75) is 12.8 Å². The smallest absolute Gasteiger partial charge is 0.224 e. The highest BCUT2D eigenvalue weighted by Gasteiger charge is 2.13. The fourth-order valence-corrected chi connectivity index (χ4v) is 3.94. The molecule has 0 aliphatic carbocycles. The summed E-state index contributed by atoms with van der Waals surface area (Å²) in [5.74, 6) is 0.318. The Morgan fingerprint density at radius 1 is 0.568 bits per heavy atom. The maximum absolute atomic E-state index is 12.7. The molecule has 1 heterocycles. The Labute approximate surface area is 256 Å². The number of fused-ring (bicyclic) bond motifs is 1. The first-order valence-electron chi connectivity index (χ1n) is 14.5. The molecule has 12 nitrogen and oxygen atoms in total. The highest BCUT2D eigenvalue weighted by molar-refractivity contribution is 5.98. The van der Waals surface area contributed by atoms with Crippen molar-refractivity contribution in [2.24, 2.45) is 10.2 Å². The number of amides is 2. The van der Waals surface area contributed by atoms with E-state index in [0.29, 0.717) is 93.7 Å². The largest absolute Gasteiger partial charge is 0.487 e. The van der Waals surface area contributed by atoms with E-state index >= 15 is 0 Å². The lowest BCUT2D eigenvalue weighted by molar-refractivity contribution is -0.121. The molecule has 0 saturated heterocycles. The molecule has 2 amide bonds. The minimum absolute atomic E-state index is 0.0212. The van der Waals surface area contributed by atoms with Crippen LogP contribution in [0.3, 0.4) is 0 Å². The maximum Gasteiger partial charge on any atom is 0.224 e. The van der Waals surface area contributed by atoms with Gasteiger partial charge in [0.05, 0.1) is 64.2 Å². The number of azo groups is 1. The molecule has 0 unspecified atom stereocenters. The average molecular weight is 607 g/mol. The van der Waals surface area contributed by atoms with Crippen LogP contribution < -0.4 is 20.1 Å². The van der Waals surface area contributed by atoms with Gasteiger partial charge in [0, 0.05) is 24.6 Å². The van der Waals surface area contributed by atoms with Crippen LogP contribution in [0.15, 0.2) is 83.0 Å². The van der Waals surface area contributed by atoms with Crippen molar-refractivity contribution in [1.29, 1.82) is 0 Å². The molecule has 2 N–H and O–H groups in total. The van der Waals surface area contributed by atoms with Crippen molar-refractivity contribution in [3.8, 4) is 11.5 Å². The molecule has 0 saturated carbocycles. The van der Waals surface area contributed by atoms with Crippen molar-refractivity contribution >= 4 is 34.6 Å². The normalized spacial score (nSPS) is 15.5. The molecular weight excluding hydrogens is 568 g/mol. The van der Waals surface area contributed by atoms with Gasteiger partial charge in [-0.3, -0.25) is 9.59 Å². The minimum Gasteiger partial charge on any atom is -0.487 e. The standard InChI is InChI=1S/C32H38N4O8/c37-31(12-13-32(38)34-27-8-4-5-9-28(27)36-35-25-6-2-1-3-7-25)33-26-10-11-29-30(24-26)44-23-21-42-19-17-40-15-14-39-16-18-41-20-22-43-29/h1-11,24H,12-23H2,(H,33,37)(H,34,38). The molecular formula is C32H38N4O8. The highest BCUT2D eigenvalue weighted by Crippen LogP contribution is 2.31. The topological polar surface area (TPSA) is 138 Å². The number of nitrogens with zero attached hydrogens (tertiary/aromatic N) is 2. The Bertz CT molecular complexity index is 1340. The zero-order valence-corrected chi connectivity index (χ0v) is 24.6. The highest BCUT2D eigenvalue weighted by atomic mass is 16.6. The van der Waals surface area contributed by atoms with E-state index in [2.05, 4.69) is 20.9 Å². The van der Waals surface area contributed by atoms with Gasteiger partial charge >= 0.3 is 0 Å². The summed E-state index contributed by atoms with van der Waals surface area (Å²) in [6.07, 6.45) is -0.0441. The number of nitrogens with one attached hydrogen (secondary N) is 2. The second kappa shape index (κ2) is 19.0. The van der Waals surface area contributed by atoms with Gasteiger partial charge in [-0.05, 0) is 36.4 Å². The molecule has 0 radical (unpaired) electrons. The van der Waals surface area contributed by atoms with E-state index in [1.54, 1.807) is 36.4 Å². The van der Waals surface area contributed by atoms with E-state index in [1.807, 2.05) is 36.4 Å². The number of carbonyl (C=O) groups is 2. The monoisotopic (exact) mass is 606 g/mol. The lowest BCUT2D eigenvalue weighted by Crippen LogP contribution is -2.18. The Kier molecular flexibility index (Phi) is 14.1. The maximum atomic E-state index is 12.7. The van der Waals surface area contributed by atoms with E-state index < -0.39 is 0 Å². The van der Waals surface area contributed by atoms with Gasteiger partial charge in [-0.1, -0.05) is 30.3 Å². The van der Waals surface area contributed by atoms with E-state index in [9.17, 15) is 9.59 Å². The third-order valence-electron chi connectivity index (χ3n) is 6.10. The number of rotatable bonds is 7. The summed E-state index contributed by atoms with van der Waals surface area (Å²) in [6.45, 7) is 4.12. The molecule has 44 heavy (non-hydrogen) atoms. The Hall–Kier alpha value is -4.36. The zero-order chi connectivity index (χ0) is 30.7. The van der Waals surface area contributed by atoms with Gasteiger partial charge < -0.3 is 39.1 Å². The number of carbonyl (C=O) groups excluding carboxylic acids is 2. The first-order chi connectivity index (χ1) is 21.7. The van der Waals surface area contributed by atoms with Crippen LogP contribution in [0.4, 0.5) is 22.7 Å². The minimum atomic E-state index is -0.322. The zero-order valence-electron chi connectivity index (χ0n) is 24.6. The second-order valence-electron chi connectivity index (χ2n) is 9.46.